The molecule has 2 amide bonds. The minimum Gasteiger partial charge on any atom is -0.368 e. The first-order valence-corrected chi connectivity index (χ1v) is 6.43. The Kier molecular flexibility index (Phi) is 3.84. The third kappa shape index (κ3) is 2.93. The average Bonchev–Trinajstić information content (AvgIpc) is 2.98. The largest absolute Gasteiger partial charge is 0.368 e. The molecule has 1 unspecified atom stereocenters. The summed E-state index contributed by atoms with van der Waals surface area (Å²) in [6.07, 6.45) is 5.70. The van der Waals surface area contributed by atoms with Crippen LogP contribution >= 0.6 is 0 Å². The number of hydrogen-bond donors (Lipinski definition) is 3. The van der Waals surface area contributed by atoms with Crippen LogP contribution in [0.1, 0.15) is 26.2 Å². The van der Waals surface area contributed by atoms with Crippen LogP contribution in [0.2, 0.25) is 0 Å². The van der Waals surface area contributed by atoms with E-state index < -0.39 is 11.4 Å². The lowest BCUT2D eigenvalue weighted by Gasteiger charge is -2.26. The van der Waals surface area contributed by atoms with Crippen LogP contribution in [-0.2, 0) is 16.1 Å². The van der Waals surface area contributed by atoms with Crippen molar-refractivity contribution in [3.05, 3.63) is 12.4 Å². The number of aromatic nitrogens is 2. The predicted molar refractivity (Wildman–Crippen MR) is 70.3 cm³/mol. The molecular weight excluding hydrogens is 246 g/mol. The van der Waals surface area contributed by atoms with E-state index in [9.17, 15) is 9.59 Å². The maximum absolute atomic E-state index is 12.3. The normalized spacial score (nSPS) is 22.4. The lowest BCUT2D eigenvalue weighted by molar-refractivity contribution is -0.122. The van der Waals surface area contributed by atoms with Gasteiger partial charge in [-0.25, -0.2) is 0 Å². The number of nitrogens with one attached hydrogen (secondary N) is 2. The summed E-state index contributed by atoms with van der Waals surface area (Å²) in [5, 5.41) is 10.1. The fourth-order valence-corrected chi connectivity index (χ4v) is 2.39. The van der Waals surface area contributed by atoms with Crippen molar-refractivity contribution in [1.29, 1.82) is 0 Å². The zero-order valence-corrected chi connectivity index (χ0v) is 11.0. The number of rotatable bonds is 5. The summed E-state index contributed by atoms with van der Waals surface area (Å²) in [7, 11) is 0. The van der Waals surface area contributed by atoms with Crippen molar-refractivity contribution < 1.29 is 9.59 Å². The Bertz CT molecular complexity index is 476. The van der Waals surface area contributed by atoms with Crippen LogP contribution in [0, 0.1) is 0 Å². The Labute approximate surface area is 111 Å². The summed E-state index contributed by atoms with van der Waals surface area (Å²) in [6.45, 7) is 2.86. The molecule has 1 aromatic heterocycles. The molecule has 0 aromatic carbocycles. The van der Waals surface area contributed by atoms with Crippen molar-refractivity contribution in [3.63, 3.8) is 0 Å². The molecule has 104 valence electrons. The molecule has 7 nitrogen and oxygen atoms in total. The second kappa shape index (κ2) is 5.40. The fourth-order valence-electron chi connectivity index (χ4n) is 2.39. The Morgan fingerprint density at radius 2 is 2.42 bits per heavy atom. The van der Waals surface area contributed by atoms with Crippen LogP contribution in [0.4, 0.5) is 5.69 Å². The smallest absolute Gasteiger partial charge is 0.244 e. The molecular formula is C12H19N5O2. The van der Waals surface area contributed by atoms with Gasteiger partial charge in [0.05, 0.1) is 17.4 Å². The number of carbonyl (C=O) groups excluding carboxylic acids is 2. The highest BCUT2D eigenvalue weighted by Gasteiger charge is 2.39. The Morgan fingerprint density at radius 1 is 1.63 bits per heavy atom. The molecule has 1 aliphatic heterocycles. The van der Waals surface area contributed by atoms with Gasteiger partial charge in [-0.05, 0) is 25.8 Å². The van der Waals surface area contributed by atoms with Crippen LogP contribution < -0.4 is 16.4 Å². The summed E-state index contributed by atoms with van der Waals surface area (Å²) >= 11 is 0. The zero-order valence-electron chi connectivity index (χ0n) is 11.0. The van der Waals surface area contributed by atoms with Crippen LogP contribution in [0.5, 0.6) is 0 Å². The van der Waals surface area contributed by atoms with Gasteiger partial charge in [-0.1, -0.05) is 6.92 Å². The first kappa shape index (κ1) is 13.5. The van der Waals surface area contributed by atoms with Gasteiger partial charge in [-0.2, -0.15) is 5.10 Å². The van der Waals surface area contributed by atoms with E-state index in [1.807, 2.05) is 6.92 Å². The Hall–Kier alpha value is -1.89. The number of hydrogen-bond acceptors (Lipinski definition) is 4. The first-order chi connectivity index (χ1) is 9.05. The summed E-state index contributed by atoms with van der Waals surface area (Å²) in [5.41, 5.74) is 5.18. The van der Waals surface area contributed by atoms with E-state index in [0.717, 1.165) is 25.8 Å². The molecule has 4 N–H and O–H groups in total. The van der Waals surface area contributed by atoms with E-state index in [0.29, 0.717) is 5.69 Å². The van der Waals surface area contributed by atoms with E-state index in [4.69, 9.17) is 5.73 Å². The summed E-state index contributed by atoms with van der Waals surface area (Å²) in [5.74, 6) is -0.519. The SMILES string of the molecule is CCC1(C(=O)Nc2cnn(CC(N)=O)c2)CCCN1. The van der Waals surface area contributed by atoms with Crippen LogP contribution in [0.3, 0.4) is 0 Å². The number of primary amides is 1. The van der Waals surface area contributed by atoms with Gasteiger partial charge in [-0.15, -0.1) is 0 Å². The third-order valence-electron chi connectivity index (χ3n) is 3.49. The molecule has 1 saturated heterocycles. The van der Waals surface area contributed by atoms with Gasteiger partial charge in [0.25, 0.3) is 0 Å². The van der Waals surface area contributed by atoms with Gasteiger partial charge < -0.3 is 16.4 Å². The molecule has 1 aliphatic rings. The number of carbonyl (C=O) groups is 2. The summed E-state index contributed by atoms with van der Waals surface area (Å²) in [6, 6.07) is 0. The van der Waals surface area contributed by atoms with E-state index in [1.165, 1.54) is 10.9 Å². The predicted octanol–water partition coefficient (Wildman–Crippen LogP) is -0.161. The first-order valence-electron chi connectivity index (χ1n) is 6.43. The van der Waals surface area contributed by atoms with E-state index in [-0.39, 0.29) is 12.5 Å². The number of nitrogens with two attached hydrogens (primary N) is 1. The highest BCUT2D eigenvalue weighted by atomic mass is 16.2. The van der Waals surface area contributed by atoms with Crippen molar-refractivity contribution in [2.75, 3.05) is 11.9 Å². The van der Waals surface area contributed by atoms with Crippen LogP contribution in [0.25, 0.3) is 0 Å². The maximum Gasteiger partial charge on any atom is 0.244 e. The summed E-state index contributed by atoms with van der Waals surface area (Å²) in [4.78, 5) is 23.1. The topological polar surface area (TPSA) is 102 Å². The standard InChI is InChI=1S/C12H19N5O2/c1-2-12(4-3-5-14-12)11(19)16-9-6-15-17(7-9)8-10(13)18/h6-7,14H,2-5,8H2,1H3,(H2,13,18)(H,16,19). The molecule has 1 atom stereocenters. The molecule has 7 heteroatoms. The minimum atomic E-state index is -0.480. The van der Waals surface area contributed by atoms with Crippen LogP contribution in [0.15, 0.2) is 12.4 Å². The molecule has 0 bridgehead atoms. The van der Waals surface area contributed by atoms with E-state index in [2.05, 4.69) is 15.7 Å². The third-order valence-corrected chi connectivity index (χ3v) is 3.49. The fraction of sp³-hybridized carbons (Fsp3) is 0.583. The quantitative estimate of drug-likeness (QED) is 0.688. The molecule has 2 rings (SSSR count). The number of nitrogens with zero attached hydrogens (tertiary/aromatic N) is 2. The van der Waals surface area contributed by atoms with Crippen molar-refractivity contribution in [2.24, 2.45) is 5.73 Å². The Morgan fingerprint density at radius 3 is 3.00 bits per heavy atom. The molecule has 1 aromatic rings. The second-order valence-electron chi connectivity index (χ2n) is 4.81. The van der Waals surface area contributed by atoms with Crippen molar-refractivity contribution >= 4 is 17.5 Å². The molecule has 0 aliphatic carbocycles. The zero-order chi connectivity index (χ0) is 13.9. The van der Waals surface area contributed by atoms with E-state index in [1.54, 1.807) is 6.20 Å². The second-order valence-corrected chi connectivity index (χ2v) is 4.81. The van der Waals surface area contributed by atoms with E-state index >= 15 is 0 Å². The molecule has 0 spiro atoms. The van der Waals surface area contributed by atoms with Gasteiger partial charge in [-0.3, -0.25) is 14.3 Å². The van der Waals surface area contributed by atoms with Gasteiger partial charge in [0, 0.05) is 6.20 Å². The summed E-state index contributed by atoms with van der Waals surface area (Å²) < 4.78 is 1.40. The lowest BCUT2D eigenvalue weighted by Crippen LogP contribution is -2.50. The lowest BCUT2D eigenvalue weighted by atomic mass is 9.93. The van der Waals surface area contributed by atoms with Crippen molar-refractivity contribution in [3.8, 4) is 0 Å². The van der Waals surface area contributed by atoms with Gasteiger partial charge in [0.2, 0.25) is 11.8 Å². The van der Waals surface area contributed by atoms with Crippen LogP contribution in [-0.4, -0.2) is 33.7 Å². The molecule has 0 radical (unpaired) electrons. The monoisotopic (exact) mass is 265 g/mol. The van der Waals surface area contributed by atoms with Gasteiger partial charge in [0.1, 0.15) is 6.54 Å². The van der Waals surface area contributed by atoms with Gasteiger partial charge in [0.15, 0.2) is 0 Å². The van der Waals surface area contributed by atoms with Crippen molar-refractivity contribution in [1.82, 2.24) is 15.1 Å². The number of anilines is 1. The minimum absolute atomic E-state index is 0.00699. The number of amides is 2. The average molecular weight is 265 g/mol. The highest BCUT2D eigenvalue weighted by molar-refractivity contribution is 5.98. The maximum atomic E-state index is 12.3. The van der Waals surface area contributed by atoms with Crippen molar-refractivity contribution in [2.45, 2.75) is 38.3 Å². The molecule has 2 heterocycles. The Balaban J connectivity index is 2.02. The highest BCUT2D eigenvalue weighted by Crippen LogP contribution is 2.24. The molecule has 19 heavy (non-hydrogen) atoms. The molecule has 1 fully saturated rings. The molecule has 0 saturated carbocycles. The van der Waals surface area contributed by atoms with Gasteiger partial charge >= 0.3 is 0 Å².